The molecule has 0 unspecified atom stereocenters. The summed E-state index contributed by atoms with van der Waals surface area (Å²) in [5.41, 5.74) is 3.88. The molecule has 1 N–H and O–H groups in total. The molecular weight excluding hydrogens is 266 g/mol. The molecule has 0 aromatic carbocycles. The number of rotatable bonds is 3. The highest BCUT2D eigenvalue weighted by Gasteiger charge is 2.18. The summed E-state index contributed by atoms with van der Waals surface area (Å²) in [5.74, 6) is 1.95. The Morgan fingerprint density at radius 3 is 2.80 bits per heavy atom. The van der Waals surface area contributed by atoms with Crippen molar-refractivity contribution in [2.45, 2.75) is 46.0 Å². The second-order valence-electron chi connectivity index (χ2n) is 5.34. The standard InChI is InChI=1S/C16H21N3S/c1-3-17-15-12-7-5-4-6-8-13(12)18-16(19-15)14-11(2)9-10-20-14/h9-10H,3-8H2,1-2H3,(H,17,18,19). The Hall–Kier alpha value is -1.42. The Balaban J connectivity index is 2.11. The van der Waals surface area contributed by atoms with Crippen LogP contribution >= 0.6 is 11.3 Å². The fourth-order valence-corrected chi connectivity index (χ4v) is 3.65. The largest absolute Gasteiger partial charge is 0.370 e. The van der Waals surface area contributed by atoms with Crippen molar-refractivity contribution < 1.29 is 0 Å². The fourth-order valence-electron chi connectivity index (χ4n) is 2.79. The molecule has 0 fully saturated rings. The number of fused-ring (bicyclic) bond motifs is 1. The molecule has 106 valence electrons. The Morgan fingerprint density at radius 2 is 2.05 bits per heavy atom. The molecule has 0 saturated carbocycles. The van der Waals surface area contributed by atoms with Gasteiger partial charge in [0, 0.05) is 17.8 Å². The van der Waals surface area contributed by atoms with Crippen LogP contribution in [0.4, 0.5) is 5.82 Å². The molecule has 0 radical (unpaired) electrons. The minimum Gasteiger partial charge on any atom is -0.370 e. The molecule has 3 nitrogen and oxygen atoms in total. The second kappa shape index (κ2) is 5.92. The first kappa shape index (κ1) is 13.6. The molecule has 1 aliphatic carbocycles. The van der Waals surface area contributed by atoms with E-state index in [0.29, 0.717) is 0 Å². The van der Waals surface area contributed by atoms with Gasteiger partial charge in [0.25, 0.3) is 0 Å². The zero-order valence-electron chi connectivity index (χ0n) is 12.2. The maximum absolute atomic E-state index is 4.88. The molecule has 0 amide bonds. The summed E-state index contributed by atoms with van der Waals surface area (Å²) in [5, 5.41) is 5.56. The average Bonchev–Trinajstić information content (AvgIpc) is 2.73. The lowest BCUT2D eigenvalue weighted by molar-refractivity contribution is 0.709. The predicted octanol–water partition coefficient (Wildman–Crippen LogP) is 4.21. The fraction of sp³-hybridized carbons (Fsp3) is 0.500. The zero-order chi connectivity index (χ0) is 13.9. The van der Waals surface area contributed by atoms with Gasteiger partial charge in [-0.05, 0) is 56.5 Å². The van der Waals surface area contributed by atoms with Gasteiger partial charge in [-0.15, -0.1) is 11.3 Å². The minimum atomic E-state index is 0.897. The van der Waals surface area contributed by atoms with Crippen LogP contribution < -0.4 is 5.32 Å². The summed E-state index contributed by atoms with van der Waals surface area (Å²) in [7, 11) is 0. The molecule has 2 aromatic rings. The summed E-state index contributed by atoms with van der Waals surface area (Å²) in [4.78, 5) is 10.9. The summed E-state index contributed by atoms with van der Waals surface area (Å²) in [6.07, 6.45) is 6.01. The summed E-state index contributed by atoms with van der Waals surface area (Å²) in [6, 6.07) is 2.14. The average molecular weight is 287 g/mol. The third-order valence-electron chi connectivity index (χ3n) is 3.84. The van der Waals surface area contributed by atoms with E-state index in [2.05, 4.69) is 30.6 Å². The van der Waals surface area contributed by atoms with Crippen molar-refractivity contribution in [1.82, 2.24) is 9.97 Å². The Morgan fingerprint density at radius 1 is 1.20 bits per heavy atom. The zero-order valence-corrected chi connectivity index (χ0v) is 13.0. The number of nitrogens with one attached hydrogen (secondary N) is 1. The first-order chi connectivity index (χ1) is 9.79. The monoisotopic (exact) mass is 287 g/mol. The van der Waals surface area contributed by atoms with Gasteiger partial charge in [0.15, 0.2) is 5.82 Å². The quantitative estimate of drug-likeness (QED) is 0.859. The van der Waals surface area contributed by atoms with Gasteiger partial charge in [-0.1, -0.05) is 6.42 Å². The van der Waals surface area contributed by atoms with Gasteiger partial charge in [-0.25, -0.2) is 9.97 Å². The number of hydrogen-bond donors (Lipinski definition) is 1. The number of anilines is 1. The van der Waals surface area contributed by atoms with Crippen molar-refractivity contribution in [3.63, 3.8) is 0 Å². The Bertz CT molecular complexity index is 604. The molecule has 0 aliphatic heterocycles. The lowest BCUT2D eigenvalue weighted by atomic mass is 10.1. The normalized spacial score (nSPS) is 14.7. The molecule has 2 aromatic heterocycles. The molecule has 2 heterocycles. The Labute approximate surface area is 124 Å². The first-order valence-corrected chi connectivity index (χ1v) is 8.35. The minimum absolute atomic E-state index is 0.897. The Kier molecular flexibility index (Phi) is 4.01. The summed E-state index contributed by atoms with van der Waals surface area (Å²) < 4.78 is 0. The van der Waals surface area contributed by atoms with Crippen LogP contribution in [0.5, 0.6) is 0 Å². The van der Waals surface area contributed by atoms with Crippen LogP contribution in [0.15, 0.2) is 11.4 Å². The van der Waals surface area contributed by atoms with E-state index in [9.17, 15) is 0 Å². The molecule has 3 rings (SSSR count). The summed E-state index contributed by atoms with van der Waals surface area (Å²) >= 11 is 1.73. The SMILES string of the molecule is CCNc1nc(-c2sccc2C)nc2c1CCCCC2. The van der Waals surface area contributed by atoms with E-state index >= 15 is 0 Å². The van der Waals surface area contributed by atoms with Crippen LogP contribution in [0.3, 0.4) is 0 Å². The van der Waals surface area contributed by atoms with Gasteiger partial charge in [0.05, 0.1) is 4.88 Å². The smallest absolute Gasteiger partial charge is 0.172 e. The molecule has 0 bridgehead atoms. The van der Waals surface area contributed by atoms with Gasteiger partial charge in [0.2, 0.25) is 0 Å². The molecule has 1 aliphatic rings. The van der Waals surface area contributed by atoms with Crippen LogP contribution in [0.25, 0.3) is 10.7 Å². The number of aryl methyl sites for hydroxylation is 2. The van der Waals surface area contributed by atoms with Gasteiger partial charge in [-0.3, -0.25) is 0 Å². The van der Waals surface area contributed by atoms with E-state index in [1.807, 2.05) is 0 Å². The van der Waals surface area contributed by atoms with Gasteiger partial charge >= 0.3 is 0 Å². The molecular formula is C16H21N3S. The van der Waals surface area contributed by atoms with Crippen LogP contribution in [0.1, 0.15) is 43.0 Å². The maximum Gasteiger partial charge on any atom is 0.172 e. The van der Waals surface area contributed by atoms with Crippen molar-refractivity contribution >= 4 is 17.2 Å². The van der Waals surface area contributed by atoms with Crippen molar-refractivity contribution in [3.8, 4) is 10.7 Å². The van der Waals surface area contributed by atoms with Crippen molar-refractivity contribution in [3.05, 3.63) is 28.3 Å². The molecule has 0 spiro atoms. The maximum atomic E-state index is 4.88. The van der Waals surface area contributed by atoms with E-state index in [-0.39, 0.29) is 0 Å². The second-order valence-corrected chi connectivity index (χ2v) is 6.26. The number of nitrogens with zero attached hydrogens (tertiary/aromatic N) is 2. The highest BCUT2D eigenvalue weighted by atomic mass is 32.1. The molecule has 20 heavy (non-hydrogen) atoms. The van der Waals surface area contributed by atoms with Crippen LogP contribution in [-0.2, 0) is 12.8 Å². The third-order valence-corrected chi connectivity index (χ3v) is 4.85. The lowest BCUT2D eigenvalue weighted by Crippen LogP contribution is -2.09. The van der Waals surface area contributed by atoms with Crippen molar-refractivity contribution in [2.24, 2.45) is 0 Å². The van der Waals surface area contributed by atoms with Gasteiger partial charge < -0.3 is 5.32 Å². The molecule has 4 heteroatoms. The molecule has 0 atom stereocenters. The van der Waals surface area contributed by atoms with Crippen LogP contribution in [-0.4, -0.2) is 16.5 Å². The van der Waals surface area contributed by atoms with E-state index in [1.54, 1.807) is 11.3 Å². The number of aromatic nitrogens is 2. The number of hydrogen-bond acceptors (Lipinski definition) is 4. The van der Waals surface area contributed by atoms with Crippen LogP contribution in [0, 0.1) is 6.92 Å². The van der Waals surface area contributed by atoms with E-state index in [4.69, 9.17) is 9.97 Å². The van der Waals surface area contributed by atoms with Crippen molar-refractivity contribution in [1.29, 1.82) is 0 Å². The first-order valence-electron chi connectivity index (χ1n) is 7.47. The van der Waals surface area contributed by atoms with E-state index in [1.165, 1.54) is 41.0 Å². The predicted molar refractivity (Wildman–Crippen MR) is 85.5 cm³/mol. The van der Waals surface area contributed by atoms with Gasteiger partial charge in [-0.2, -0.15) is 0 Å². The van der Waals surface area contributed by atoms with E-state index in [0.717, 1.165) is 31.0 Å². The molecule has 0 saturated heterocycles. The number of thiophene rings is 1. The summed E-state index contributed by atoms with van der Waals surface area (Å²) in [6.45, 7) is 5.17. The highest BCUT2D eigenvalue weighted by molar-refractivity contribution is 7.13. The van der Waals surface area contributed by atoms with Crippen molar-refractivity contribution in [2.75, 3.05) is 11.9 Å². The third kappa shape index (κ3) is 2.57. The van der Waals surface area contributed by atoms with Crippen LogP contribution in [0.2, 0.25) is 0 Å². The highest BCUT2D eigenvalue weighted by Crippen LogP contribution is 2.31. The van der Waals surface area contributed by atoms with Gasteiger partial charge in [0.1, 0.15) is 5.82 Å². The lowest BCUT2D eigenvalue weighted by Gasteiger charge is -2.14. The topological polar surface area (TPSA) is 37.8 Å². The van der Waals surface area contributed by atoms with E-state index < -0.39 is 0 Å².